The maximum Gasteiger partial charge on any atom is 0.130 e. The lowest BCUT2D eigenvalue weighted by Gasteiger charge is -2.29. The third-order valence-corrected chi connectivity index (χ3v) is 5.36. The van der Waals surface area contributed by atoms with Gasteiger partial charge < -0.3 is 19.7 Å². The normalized spacial score (nSPS) is 22.9. The topological polar surface area (TPSA) is 71.3 Å². The molecule has 5 nitrogen and oxygen atoms in total. The van der Waals surface area contributed by atoms with E-state index in [4.69, 9.17) is 9.47 Å². The predicted octanol–water partition coefficient (Wildman–Crippen LogP) is 2.84. The van der Waals surface area contributed by atoms with Crippen molar-refractivity contribution in [3.63, 3.8) is 0 Å². The van der Waals surface area contributed by atoms with Crippen molar-refractivity contribution in [3.8, 4) is 11.5 Å². The van der Waals surface area contributed by atoms with Gasteiger partial charge in [-0.15, -0.1) is 0 Å². The minimum Gasteiger partial charge on any atom is -0.487 e. The molecule has 0 saturated carbocycles. The van der Waals surface area contributed by atoms with Crippen LogP contribution in [0.5, 0.6) is 11.5 Å². The number of nitrogens with zero attached hydrogens (tertiary/aromatic N) is 1. The first kappa shape index (κ1) is 19.8. The number of aliphatic hydroxyl groups excluding tert-OH is 2. The summed E-state index contributed by atoms with van der Waals surface area (Å²) in [5.74, 6) is 0.541. The zero-order valence-electron chi connectivity index (χ0n) is 15.8. The quantitative estimate of drug-likeness (QED) is 0.754. The molecule has 4 rings (SSSR count). The van der Waals surface area contributed by atoms with E-state index in [0.29, 0.717) is 37.2 Å². The van der Waals surface area contributed by atoms with Crippen molar-refractivity contribution >= 4 is 6.21 Å². The maximum atomic E-state index is 13.3. The highest BCUT2D eigenvalue weighted by atomic mass is 19.1. The first-order valence-corrected chi connectivity index (χ1v) is 9.76. The van der Waals surface area contributed by atoms with Crippen LogP contribution in [0, 0.1) is 11.6 Å². The summed E-state index contributed by atoms with van der Waals surface area (Å²) in [6, 6.07) is 8.69. The van der Waals surface area contributed by atoms with Gasteiger partial charge in [0, 0.05) is 6.21 Å². The second-order valence-corrected chi connectivity index (χ2v) is 7.47. The Morgan fingerprint density at radius 2 is 1.48 bits per heavy atom. The molecule has 0 spiro atoms. The molecule has 4 unspecified atom stereocenters. The highest BCUT2D eigenvalue weighted by molar-refractivity contribution is 5.64. The van der Waals surface area contributed by atoms with Crippen molar-refractivity contribution < 1.29 is 28.5 Å². The fourth-order valence-corrected chi connectivity index (χ4v) is 3.76. The van der Waals surface area contributed by atoms with Crippen LogP contribution in [0.4, 0.5) is 8.78 Å². The van der Waals surface area contributed by atoms with Crippen molar-refractivity contribution in [3.05, 3.63) is 59.2 Å². The summed E-state index contributed by atoms with van der Waals surface area (Å²) in [5, 5.41) is 20.7. The molecule has 0 saturated heterocycles. The Morgan fingerprint density at radius 3 is 2.10 bits per heavy atom. The summed E-state index contributed by atoms with van der Waals surface area (Å²) >= 11 is 0. The third kappa shape index (κ3) is 4.57. The lowest BCUT2D eigenvalue weighted by atomic mass is 9.98. The second-order valence-electron chi connectivity index (χ2n) is 7.47. The summed E-state index contributed by atoms with van der Waals surface area (Å²) in [6.07, 6.45) is 1.04. The minimum atomic E-state index is -0.934. The number of hydrogen-bond acceptors (Lipinski definition) is 5. The Kier molecular flexibility index (Phi) is 5.78. The van der Waals surface area contributed by atoms with E-state index in [9.17, 15) is 19.0 Å². The molecule has 0 fully saturated rings. The molecular formula is C22H23F2NO4. The number of fused-ring (bicyclic) bond motifs is 2. The van der Waals surface area contributed by atoms with Crippen LogP contribution in [0.15, 0.2) is 41.4 Å². The Balaban J connectivity index is 1.29. The molecule has 29 heavy (non-hydrogen) atoms. The lowest BCUT2D eigenvalue weighted by Crippen LogP contribution is -2.38. The number of hydrogen-bond donors (Lipinski definition) is 2. The summed E-state index contributed by atoms with van der Waals surface area (Å²) in [7, 11) is 0. The minimum absolute atomic E-state index is 0.0762. The van der Waals surface area contributed by atoms with Gasteiger partial charge in [-0.3, -0.25) is 4.99 Å². The van der Waals surface area contributed by atoms with Crippen LogP contribution in [0.3, 0.4) is 0 Å². The molecule has 4 atom stereocenters. The molecule has 0 amide bonds. The summed E-state index contributed by atoms with van der Waals surface area (Å²) in [5.41, 5.74) is 1.58. The van der Waals surface area contributed by atoms with Gasteiger partial charge in [0.25, 0.3) is 0 Å². The fourth-order valence-electron chi connectivity index (χ4n) is 3.76. The Hall–Kier alpha value is -2.51. The van der Waals surface area contributed by atoms with Crippen molar-refractivity contribution in [2.75, 3.05) is 6.54 Å². The number of aryl methyl sites for hydroxylation is 2. The fraction of sp³-hybridized carbons (Fsp3) is 0.409. The average molecular weight is 403 g/mol. The zero-order chi connectivity index (χ0) is 20.4. The number of ether oxygens (including phenoxy) is 2. The summed E-state index contributed by atoms with van der Waals surface area (Å²) in [6.45, 7) is 0.0762. The van der Waals surface area contributed by atoms with E-state index in [1.165, 1.54) is 30.5 Å². The standard InChI is InChI=1S/C22H23F2NO4/c23-15-3-7-19-13(9-15)1-5-21(28-19)17(26)11-25-12-18(27)22-6-2-14-10-16(24)4-8-20(14)29-22/h3-4,7-11,17-18,21-22,26-27H,1-2,5-6,12H2. The number of benzene rings is 2. The van der Waals surface area contributed by atoms with Gasteiger partial charge in [-0.25, -0.2) is 8.78 Å². The van der Waals surface area contributed by atoms with Crippen molar-refractivity contribution in [1.82, 2.24) is 0 Å². The van der Waals surface area contributed by atoms with E-state index in [1.54, 1.807) is 12.1 Å². The first-order valence-electron chi connectivity index (χ1n) is 9.76. The van der Waals surface area contributed by atoms with E-state index in [1.807, 2.05) is 0 Å². The second kappa shape index (κ2) is 8.47. The van der Waals surface area contributed by atoms with E-state index in [-0.39, 0.29) is 18.2 Å². The Bertz CT molecular complexity index is 904. The average Bonchev–Trinajstić information content (AvgIpc) is 2.72. The molecule has 7 heteroatoms. The largest absolute Gasteiger partial charge is 0.487 e. The number of halogens is 2. The van der Waals surface area contributed by atoms with Gasteiger partial charge in [-0.05, 0) is 73.2 Å². The van der Waals surface area contributed by atoms with Crippen molar-refractivity contribution in [1.29, 1.82) is 0 Å². The first-order chi connectivity index (χ1) is 14.0. The molecule has 2 heterocycles. The van der Waals surface area contributed by atoms with Gasteiger partial charge in [0.05, 0.1) is 6.54 Å². The smallest absolute Gasteiger partial charge is 0.130 e. The van der Waals surface area contributed by atoms with Crippen LogP contribution < -0.4 is 9.47 Å². The molecular weight excluding hydrogens is 380 g/mol. The molecule has 2 aromatic rings. The highest BCUT2D eigenvalue weighted by Crippen LogP contribution is 2.30. The number of aliphatic hydroxyl groups is 2. The molecule has 0 bridgehead atoms. The maximum absolute atomic E-state index is 13.3. The van der Waals surface area contributed by atoms with Crippen molar-refractivity contribution in [2.24, 2.45) is 4.99 Å². The lowest BCUT2D eigenvalue weighted by molar-refractivity contribution is 0.0294. The van der Waals surface area contributed by atoms with Gasteiger partial charge in [0.2, 0.25) is 0 Å². The van der Waals surface area contributed by atoms with Gasteiger partial charge in [-0.1, -0.05) is 0 Å². The van der Waals surface area contributed by atoms with E-state index in [2.05, 4.69) is 4.99 Å². The molecule has 0 radical (unpaired) electrons. The molecule has 154 valence electrons. The van der Waals surface area contributed by atoms with Crippen LogP contribution in [-0.4, -0.2) is 47.4 Å². The summed E-state index contributed by atoms with van der Waals surface area (Å²) < 4.78 is 38.0. The van der Waals surface area contributed by atoms with Crippen molar-refractivity contribution in [2.45, 2.75) is 50.1 Å². The van der Waals surface area contributed by atoms with Gasteiger partial charge in [0.1, 0.15) is 47.5 Å². The van der Waals surface area contributed by atoms with Crippen LogP contribution in [-0.2, 0) is 12.8 Å². The molecule has 2 aliphatic heterocycles. The van der Waals surface area contributed by atoms with Gasteiger partial charge in [0.15, 0.2) is 0 Å². The van der Waals surface area contributed by atoms with E-state index < -0.39 is 24.4 Å². The van der Waals surface area contributed by atoms with E-state index >= 15 is 0 Å². The zero-order valence-corrected chi connectivity index (χ0v) is 15.8. The van der Waals surface area contributed by atoms with Crippen LogP contribution in [0.1, 0.15) is 24.0 Å². The molecule has 0 aromatic heterocycles. The van der Waals surface area contributed by atoms with Gasteiger partial charge in [-0.2, -0.15) is 0 Å². The molecule has 2 aromatic carbocycles. The summed E-state index contributed by atoms with van der Waals surface area (Å²) in [4.78, 5) is 4.16. The Morgan fingerprint density at radius 1 is 0.931 bits per heavy atom. The van der Waals surface area contributed by atoms with Crippen LogP contribution in [0.25, 0.3) is 0 Å². The Labute approximate surface area is 167 Å². The predicted molar refractivity (Wildman–Crippen MR) is 104 cm³/mol. The van der Waals surface area contributed by atoms with Crippen LogP contribution in [0.2, 0.25) is 0 Å². The molecule has 2 N–H and O–H groups in total. The number of aliphatic imine (C=N–C) groups is 1. The highest BCUT2D eigenvalue weighted by Gasteiger charge is 2.28. The number of rotatable bonds is 5. The molecule has 2 aliphatic rings. The third-order valence-electron chi connectivity index (χ3n) is 5.36. The SMILES string of the molecule is OC(C=NCC(O)C1CCc2cc(F)ccc2O1)C1CCc2cc(F)ccc2O1. The molecule has 0 aliphatic carbocycles. The van der Waals surface area contributed by atoms with Crippen LogP contribution >= 0.6 is 0 Å². The monoisotopic (exact) mass is 403 g/mol. The van der Waals surface area contributed by atoms with Gasteiger partial charge >= 0.3 is 0 Å². The van der Waals surface area contributed by atoms with E-state index in [0.717, 1.165) is 11.1 Å².